The molecular formula is C18H30N2O. The fourth-order valence-electron chi connectivity index (χ4n) is 3.23. The van der Waals surface area contributed by atoms with Gasteiger partial charge in [-0.15, -0.1) is 0 Å². The van der Waals surface area contributed by atoms with Gasteiger partial charge in [0.25, 0.3) is 0 Å². The summed E-state index contributed by atoms with van der Waals surface area (Å²) >= 11 is 0. The smallest absolute Gasteiger partial charge is 0.0484 e. The second-order valence-corrected chi connectivity index (χ2v) is 6.74. The number of likely N-dealkylation sites (N-methyl/N-ethyl adjacent to an activating group) is 1. The summed E-state index contributed by atoms with van der Waals surface area (Å²) in [7, 11) is 4.39. The van der Waals surface area contributed by atoms with Gasteiger partial charge in [0.1, 0.15) is 0 Å². The Balaban J connectivity index is 2.07. The molecule has 1 aliphatic rings. The van der Waals surface area contributed by atoms with Gasteiger partial charge in [-0.3, -0.25) is 0 Å². The lowest BCUT2D eigenvalue weighted by Crippen LogP contribution is -2.55. The summed E-state index contributed by atoms with van der Waals surface area (Å²) in [5.74, 6) is 0.575. The quantitative estimate of drug-likeness (QED) is 0.871. The number of nitrogens with zero attached hydrogens (tertiary/aromatic N) is 1. The number of hydrogen-bond donors (Lipinski definition) is 1. The van der Waals surface area contributed by atoms with Crippen molar-refractivity contribution in [1.82, 2.24) is 10.2 Å². The molecule has 1 saturated heterocycles. The lowest BCUT2D eigenvalue weighted by atomic mass is 9.87. The van der Waals surface area contributed by atoms with Crippen molar-refractivity contribution in [2.75, 3.05) is 33.9 Å². The summed E-state index contributed by atoms with van der Waals surface area (Å²) in [6.45, 7) is 7.34. The first-order valence-corrected chi connectivity index (χ1v) is 8.09. The lowest BCUT2D eigenvalue weighted by molar-refractivity contribution is -0.00895. The second-order valence-electron chi connectivity index (χ2n) is 6.74. The van der Waals surface area contributed by atoms with E-state index in [1.807, 2.05) is 0 Å². The Bertz CT molecular complexity index is 410. The minimum atomic E-state index is 0.222. The normalized spacial score (nSPS) is 19.9. The molecule has 0 aliphatic carbocycles. The zero-order valence-electron chi connectivity index (χ0n) is 13.9. The van der Waals surface area contributed by atoms with E-state index in [4.69, 9.17) is 4.74 Å². The summed E-state index contributed by atoms with van der Waals surface area (Å²) < 4.78 is 5.56. The van der Waals surface area contributed by atoms with Crippen LogP contribution >= 0.6 is 0 Å². The molecule has 0 radical (unpaired) electrons. The SMILES string of the molecule is CC(C)[C@@H](NCC1(N(C)C)CCOCC1)c1ccccc1. The van der Waals surface area contributed by atoms with Gasteiger partial charge in [0.15, 0.2) is 0 Å². The molecule has 1 fully saturated rings. The molecule has 2 rings (SSSR count). The summed E-state index contributed by atoms with van der Waals surface area (Å²) in [6, 6.07) is 11.2. The van der Waals surface area contributed by atoms with Gasteiger partial charge < -0.3 is 15.0 Å². The molecule has 3 nitrogen and oxygen atoms in total. The summed E-state index contributed by atoms with van der Waals surface area (Å²) in [5.41, 5.74) is 1.61. The third kappa shape index (κ3) is 4.06. The van der Waals surface area contributed by atoms with Crippen LogP contribution in [0, 0.1) is 5.92 Å². The highest BCUT2D eigenvalue weighted by molar-refractivity contribution is 5.19. The van der Waals surface area contributed by atoms with Crippen LogP contribution in [0.1, 0.15) is 38.3 Å². The van der Waals surface area contributed by atoms with Gasteiger partial charge in [0.05, 0.1) is 0 Å². The van der Waals surface area contributed by atoms with Crippen LogP contribution in [0.2, 0.25) is 0 Å². The predicted octanol–water partition coefficient (Wildman–Crippen LogP) is 3.08. The molecule has 118 valence electrons. The fraction of sp³-hybridized carbons (Fsp3) is 0.667. The van der Waals surface area contributed by atoms with Crippen molar-refractivity contribution in [3.8, 4) is 0 Å². The molecule has 1 atom stereocenters. The average Bonchev–Trinajstić information content (AvgIpc) is 2.49. The maximum Gasteiger partial charge on any atom is 0.0484 e. The molecule has 1 heterocycles. The molecular weight excluding hydrogens is 260 g/mol. The molecule has 3 heteroatoms. The molecule has 1 N–H and O–H groups in total. The van der Waals surface area contributed by atoms with Gasteiger partial charge in [-0.05, 0) is 38.4 Å². The molecule has 1 aromatic rings. The molecule has 0 spiro atoms. The van der Waals surface area contributed by atoms with Gasteiger partial charge >= 0.3 is 0 Å². The van der Waals surface area contributed by atoms with Crippen LogP contribution in [-0.4, -0.2) is 44.3 Å². The first-order valence-electron chi connectivity index (χ1n) is 8.09. The monoisotopic (exact) mass is 290 g/mol. The van der Waals surface area contributed by atoms with Crippen molar-refractivity contribution in [2.45, 2.75) is 38.3 Å². The zero-order chi connectivity index (χ0) is 15.3. The van der Waals surface area contributed by atoms with Crippen LogP contribution in [0.3, 0.4) is 0 Å². The van der Waals surface area contributed by atoms with Crippen molar-refractivity contribution in [3.05, 3.63) is 35.9 Å². The Labute approximate surface area is 129 Å². The molecule has 0 aromatic heterocycles. The first kappa shape index (κ1) is 16.5. The Morgan fingerprint density at radius 3 is 2.29 bits per heavy atom. The first-order chi connectivity index (χ1) is 10.1. The zero-order valence-corrected chi connectivity index (χ0v) is 13.9. The number of hydrogen-bond acceptors (Lipinski definition) is 3. The van der Waals surface area contributed by atoms with E-state index in [1.54, 1.807) is 0 Å². The Morgan fingerprint density at radius 1 is 1.14 bits per heavy atom. The van der Waals surface area contributed by atoms with Crippen molar-refractivity contribution < 1.29 is 4.74 Å². The molecule has 1 aromatic carbocycles. The number of ether oxygens (including phenoxy) is 1. The molecule has 0 unspecified atom stereocenters. The third-order valence-corrected chi connectivity index (χ3v) is 4.85. The second kappa shape index (κ2) is 7.39. The van der Waals surface area contributed by atoms with Crippen LogP contribution in [0.5, 0.6) is 0 Å². The largest absolute Gasteiger partial charge is 0.381 e. The van der Waals surface area contributed by atoms with E-state index in [0.717, 1.165) is 32.6 Å². The number of benzene rings is 1. The molecule has 0 amide bonds. The standard InChI is InChI=1S/C18H30N2O/c1-15(2)17(16-8-6-5-7-9-16)19-14-18(20(3)4)10-12-21-13-11-18/h5-9,15,17,19H,10-14H2,1-4H3/t17-/m1/s1. The molecule has 21 heavy (non-hydrogen) atoms. The van der Waals surface area contributed by atoms with Crippen molar-refractivity contribution in [1.29, 1.82) is 0 Å². The number of nitrogens with one attached hydrogen (secondary N) is 1. The van der Waals surface area contributed by atoms with Crippen molar-refractivity contribution >= 4 is 0 Å². The van der Waals surface area contributed by atoms with Crippen molar-refractivity contribution in [2.24, 2.45) is 5.92 Å². The number of rotatable bonds is 6. The molecule has 0 bridgehead atoms. The maximum absolute atomic E-state index is 5.56. The minimum Gasteiger partial charge on any atom is -0.381 e. The van der Waals surface area contributed by atoms with Crippen LogP contribution in [0.15, 0.2) is 30.3 Å². The van der Waals surface area contributed by atoms with Gasteiger partial charge in [0.2, 0.25) is 0 Å². The van der Waals surface area contributed by atoms with E-state index in [1.165, 1.54) is 5.56 Å². The van der Waals surface area contributed by atoms with Crippen LogP contribution in [0.4, 0.5) is 0 Å². The van der Waals surface area contributed by atoms with Crippen molar-refractivity contribution in [3.63, 3.8) is 0 Å². The highest BCUT2D eigenvalue weighted by Crippen LogP contribution is 2.28. The Morgan fingerprint density at radius 2 is 1.76 bits per heavy atom. The van der Waals surface area contributed by atoms with Gasteiger partial charge in [-0.1, -0.05) is 44.2 Å². The van der Waals surface area contributed by atoms with E-state index < -0.39 is 0 Å². The van der Waals surface area contributed by atoms with E-state index >= 15 is 0 Å². The fourth-order valence-corrected chi connectivity index (χ4v) is 3.23. The van der Waals surface area contributed by atoms with E-state index in [0.29, 0.717) is 12.0 Å². The van der Waals surface area contributed by atoms with Crippen LogP contribution < -0.4 is 5.32 Å². The highest BCUT2D eigenvalue weighted by atomic mass is 16.5. The topological polar surface area (TPSA) is 24.5 Å². The summed E-state index contributed by atoms with van der Waals surface area (Å²) in [5, 5.41) is 3.83. The minimum absolute atomic E-state index is 0.222. The van der Waals surface area contributed by atoms with Crippen LogP contribution in [0.25, 0.3) is 0 Å². The highest BCUT2D eigenvalue weighted by Gasteiger charge is 2.35. The van der Waals surface area contributed by atoms with Gasteiger partial charge in [0, 0.05) is 31.3 Å². The van der Waals surface area contributed by atoms with E-state index in [9.17, 15) is 0 Å². The average molecular weight is 290 g/mol. The van der Waals surface area contributed by atoms with E-state index in [2.05, 4.69) is 68.5 Å². The third-order valence-electron chi connectivity index (χ3n) is 4.85. The summed E-state index contributed by atoms with van der Waals surface area (Å²) in [4.78, 5) is 2.38. The lowest BCUT2D eigenvalue weighted by Gasteiger charge is -2.44. The molecule has 0 saturated carbocycles. The molecule has 1 aliphatic heterocycles. The van der Waals surface area contributed by atoms with Gasteiger partial charge in [-0.2, -0.15) is 0 Å². The predicted molar refractivity (Wildman–Crippen MR) is 88.5 cm³/mol. The van der Waals surface area contributed by atoms with Gasteiger partial charge in [-0.25, -0.2) is 0 Å². The summed E-state index contributed by atoms with van der Waals surface area (Å²) in [6.07, 6.45) is 2.21. The Kier molecular flexibility index (Phi) is 5.80. The van der Waals surface area contributed by atoms with E-state index in [-0.39, 0.29) is 5.54 Å². The maximum atomic E-state index is 5.56. The Hall–Kier alpha value is -0.900. The van der Waals surface area contributed by atoms with Crippen LogP contribution in [-0.2, 0) is 4.74 Å².